The van der Waals surface area contributed by atoms with E-state index in [0.717, 1.165) is 17.8 Å². The molecule has 0 bridgehead atoms. The number of hydrogen-bond donors (Lipinski definition) is 2. The smallest absolute Gasteiger partial charge is 0.258 e. The topological polar surface area (TPSA) is 93.2 Å². The van der Waals surface area contributed by atoms with Crippen molar-refractivity contribution in [3.05, 3.63) is 35.3 Å². The minimum atomic E-state index is -0.368. The maximum absolute atomic E-state index is 11.7. The summed E-state index contributed by atoms with van der Waals surface area (Å²) in [4.78, 5) is 23.4. The number of carbonyl (C=O) groups is 2. The van der Waals surface area contributed by atoms with E-state index >= 15 is 0 Å². The van der Waals surface area contributed by atoms with E-state index in [1.54, 1.807) is 12.1 Å². The molecule has 1 heterocycles. The number of para-hydroxylation sites is 1. The second-order valence-corrected chi connectivity index (χ2v) is 5.74. The van der Waals surface area contributed by atoms with Gasteiger partial charge in [0, 0.05) is 6.42 Å². The maximum Gasteiger partial charge on any atom is 0.258 e. The van der Waals surface area contributed by atoms with Crippen LogP contribution in [0.1, 0.15) is 18.4 Å². The van der Waals surface area contributed by atoms with Crippen LogP contribution in [0.4, 0.5) is 5.13 Å². The molecule has 2 rings (SSSR count). The van der Waals surface area contributed by atoms with Gasteiger partial charge in [0.2, 0.25) is 11.0 Å². The molecular weight excluding hydrogens is 316 g/mol. The van der Waals surface area contributed by atoms with E-state index < -0.39 is 0 Å². The normalized spacial score (nSPS) is 10.1. The summed E-state index contributed by atoms with van der Waals surface area (Å²) < 4.78 is 5.28. The number of nitrogens with zero attached hydrogens (tertiary/aromatic N) is 2. The predicted molar refractivity (Wildman–Crippen MR) is 87.5 cm³/mol. The van der Waals surface area contributed by atoms with Gasteiger partial charge < -0.3 is 10.1 Å². The van der Waals surface area contributed by atoms with Gasteiger partial charge in [-0.2, -0.15) is 0 Å². The van der Waals surface area contributed by atoms with Crippen molar-refractivity contribution < 1.29 is 14.3 Å². The molecule has 2 N–H and O–H groups in total. The molecule has 2 aromatic rings. The highest BCUT2D eigenvalue weighted by Crippen LogP contribution is 2.16. The SMILES string of the molecule is CCCc1nnc(NC(=O)CNC(=O)COc2ccccc2)s1. The Morgan fingerprint density at radius 3 is 2.70 bits per heavy atom. The number of rotatable bonds is 8. The minimum absolute atomic E-state index is 0.139. The summed E-state index contributed by atoms with van der Waals surface area (Å²) in [7, 11) is 0. The Labute approximate surface area is 138 Å². The van der Waals surface area contributed by atoms with Crippen LogP contribution in [0.3, 0.4) is 0 Å². The Morgan fingerprint density at radius 2 is 1.96 bits per heavy atom. The van der Waals surface area contributed by atoms with E-state index in [9.17, 15) is 9.59 Å². The van der Waals surface area contributed by atoms with Crippen LogP contribution in [0, 0.1) is 0 Å². The van der Waals surface area contributed by atoms with Gasteiger partial charge in [-0.05, 0) is 18.6 Å². The van der Waals surface area contributed by atoms with Crippen LogP contribution in [0.5, 0.6) is 5.75 Å². The van der Waals surface area contributed by atoms with E-state index in [2.05, 4.69) is 20.8 Å². The zero-order valence-electron chi connectivity index (χ0n) is 12.7. The lowest BCUT2D eigenvalue weighted by Crippen LogP contribution is -2.35. The number of amides is 2. The molecule has 0 atom stereocenters. The summed E-state index contributed by atoms with van der Waals surface area (Å²) in [5, 5.41) is 14.2. The first-order valence-corrected chi connectivity index (χ1v) is 8.06. The molecule has 7 nitrogen and oxygen atoms in total. The number of anilines is 1. The maximum atomic E-state index is 11.7. The molecular formula is C15H18N4O3S. The fourth-order valence-corrected chi connectivity index (χ4v) is 2.54. The van der Waals surface area contributed by atoms with Crippen LogP contribution in [0.15, 0.2) is 30.3 Å². The predicted octanol–water partition coefficient (Wildman–Crippen LogP) is 1.62. The number of nitrogens with one attached hydrogen (secondary N) is 2. The Balaban J connectivity index is 1.68. The van der Waals surface area contributed by atoms with Crippen molar-refractivity contribution >= 4 is 28.3 Å². The average Bonchev–Trinajstić information content (AvgIpc) is 2.99. The fourth-order valence-electron chi connectivity index (χ4n) is 1.68. The highest BCUT2D eigenvalue weighted by atomic mass is 32.1. The van der Waals surface area contributed by atoms with Crippen molar-refractivity contribution in [2.24, 2.45) is 0 Å². The Bertz CT molecular complexity index is 645. The molecule has 0 fully saturated rings. The van der Waals surface area contributed by atoms with Crippen molar-refractivity contribution in [1.82, 2.24) is 15.5 Å². The number of ether oxygens (including phenoxy) is 1. The summed E-state index contributed by atoms with van der Waals surface area (Å²) >= 11 is 1.34. The van der Waals surface area contributed by atoms with Crippen LogP contribution in [-0.4, -0.2) is 35.2 Å². The lowest BCUT2D eigenvalue weighted by atomic mass is 10.3. The average molecular weight is 334 g/mol. The zero-order valence-corrected chi connectivity index (χ0v) is 13.6. The third-order valence-electron chi connectivity index (χ3n) is 2.74. The fraction of sp³-hybridized carbons (Fsp3) is 0.333. The molecule has 0 radical (unpaired) electrons. The Kier molecular flexibility index (Phi) is 6.49. The standard InChI is InChI=1S/C15H18N4O3S/c1-2-6-14-18-19-15(23-14)17-12(20)9-16-13(21)10-22-11-7-4-3-5-8-11/h3-5,7-8H,2,6,9-10H2,1H3,(H,16,21)(H,17,19,20). The highest BCUT2D eigenvalue weighted by Gasteiger charge is 2.09. The molecule has 8 heteroatoms. The molecule has 122 valence electrons. The van der Waals surface area contributed by atoms with Crippen molar-refractivity contribution in [3.8, 4) is 5.75 Å². The molecule has 1 aromatic carbocycles. The van der Waals surface area contributed by atoms with Gasteiger partial charge in [0.25, 0.3) is 5.91 Å². The Hall–Kier alpha value is -2.48. The van der Waals surface area contributed by atoms with Gasteiger partial charge in [0.15, 0.2) is 6.61 Å². The molecule has 2 amide bonds. The van der Waals surface area contributed by atoms with Crippen molar-refractivity contribution in [3.63, 3.8) is 0 Å². The molecule has 0 spiro atoms. The third-order valence-corrected chi connectivity index (χ3v) is 3.63. The summed E-state index contributed by atoms with van der Waals surface area (Å²) in [6, 6.07) is 8.99. The highest BCUT2D eigenvalue weighted by molar-refractivity contribution is 7.15. The number of carbonyl (C=O) groups excluding carboxylic acids is 2. The summed E-state index contributed by atoms with van der Waals surface area (Å²) in [6.45, 7) is 1.77. The second kappa shape index (κ2) is 8.84. The van der Waals surface area contributed by atoms with Crippen LogP contribution in [0.2, 0.25) is 0 Å². The van der Waals surface area contributed by atoms with Crippen LogP contribution in [0.25, 0.3) is 0 Å². The first-order valence-electron chi connectivity index (χ1n) is 7.24. The van der Waals surface area contributed by atoms with Crippen LogP contribution < -0.4 is 15.4 Å². The lowest BCUT2D eigenvalue weighted by molar-refractivity contribution is -0.125. The van der Waals surface area contributed by atoms with Crippen molar-refractivity contribution in [2.45, 2.75) is 19.8 Å². The van der Waals surface area contributed by atoms with E-state index in [1.165, 1.54) is 11.3 Å². The molecule has 0 unspecified atom stereocenters. The molecule has 0 aliphatic heterocycles. The van der Waals surface area contributed by atoms with E-state index in [-0.39, 0.29) is 25.0 Å². The van der Waals surface area contributed by atoms with Crippen LogP contribution in [-0.2, 0) is 16.0 Å². The molecule has 23 heavy (non-hydrogen) atoms. The summed E-state index contributed by atoms with van der Waals surface area (Å²) in [6.07, 6.45) is 1.81. The van der Waals surface area contributed by atoms with E-state index in [4.69, 9.17) is 4.74 Å². The largest absolute Gasteiger partial charge is 0.484 e. The van der Waals surface area contributed by atoms with Gasteiger partial charge in [-0.15, -0.1) is 10.2 Å². The number of hydrogen-bond acceptors (Lipinski definition) is 6. The van der Waals surface area contributed by atoms with Gasteiger partial charge in [0.1, 0.15) is 10.8 Å². The first kappa shape index (κ1) is 16.9. The quantitative estimate of drug-likeness (QED) is 0.765. The van der Waals surface area contributed by atoms with Crippen molar-refractivity contribution in [1.29, 1.82) is 0 Å². The summed E-state index contributed by atoms with van der Waals surface area (Å²) in [5.74, 6) is -0.116. The van der Waals surface area contributed by atoms with Gasteiger partial charge in [-0.25, -0.2) is 0 Å². The number of benzene rings is 1. The monoisotopic (exact) mass is 334 g/mol. The molecule has 1 aromatic heterocycles. The number of aryl methyl sites for hydroxylation is 1. The third kappa shape index (κ3) is 6.03. The Morgan fingerprint density at radius 1 is 1.17 bits per heavy atom. The molecule has 0 saturated carbocycles. The second-order valence-electron chi connectivity index (χ2n) is 4.68. The first-order chi connectivity index (χ1) is 11.2. The van der Waals surface area contributed by atoms with Gasteiger partial charge >= 0.3 is 0 Å². The van der Waals surface area contributed by atoms with Crippen molar-refractivity contribution in [2.75, 3.05) is 18.5 Å². The molecule has 0 aliphatic rings. The molecule has 0 aliphatic carbocycles. The van der Waals surface area contributed by atoms with Crippen LogP contribution >= 0.6 is 11.3 Å². The summed E-state index contributed by atoms with van der Waals surface area (Å²) in [5.41, 5.74) is 0. The lowest BCUT2D eigenvalue weighted by Gasteiger charge is -2.07. The zero-order chi connectivity index (χ0) is 16.5. The van der Waals surface area contributed by atoms with E-state index in [1.807, 2.05) is 25.1 Å². The van der Waals surface area contributed by atoms with E-state index in [0.29, 0.717) is 10.9 Å². The molecule has 0 saturated heterocycles. The van der Waals surface area contributed by atoms with Gasteiger partial charge in [0.05, 0.1) is 6.54 Å². The van der Waals surface area contributed by atoms with Gasteiger partial charge in [-0.3, -0.25) is 14.9 Å². The van der Waals surface area contributed by atoms with Gasteiger partial charge in [-0.1, -0.05) is 36.5 Å². The minimum Gasteiger partial charge on any atom is -0.484 e. The number of aromatic nitrogens is 2.